The van der Waals surface area contributed by atoms with Gasteiger partial charge in [0.2, 0.25) is 0 Å². The second-order valence-corrected chi connectivity index (χ2v) is 8.29. The maximum Gasteiger partial charge on any atom is 0.295 e. The summed E-state index contributed by atoms with van der Waals surface area (Å²) in [5, 5.41) is 21.1. The molecule has 1 heterocycles. The van der Waals surface area contributed by atoms with Crippen molar-refractivity contribution in [3.63, 3.8) is 0 Å². The van der Waals surface area contributed by atoms with Gasteiger partial charge in [-0.2, -0.15) is 0 Å². The Bertz CT molecular complexity index is 1060. The molecular formula is C25H28ClNO5. The highest BCUT2D eigenvalue weighted by Crippen LogP contribution is 2.41. The number of amides is 1. The molecule has 1 fully saturated rings. The third-order valence-electron chi connectivity index (χ3n) is 5.49. The van der Waals surface area contributed by atoms with Gasteiger partial charge in [0.05, 0.1) is 23.2 Å². The number of ketones is 1. The number of phenolic OH excluding ortho intramolecular Hbond substituents is 1. The highest BCUT2D eigenvalue weighted by Gasteiger charge is 2.45. The predicted octanol–water partition coefficient (Wildman–Crippen LogP) is 5.36. The van der Waals surface area contributed by atoms with Crippen molar-refractivity contribution in [2.24, 2.45) is 0 Å². The molecule has 7 heteroatoms. The third kappa shape index (κ3) is 4.60. The van der Waals surface area contributed by atoms with Crippen LogP contribution < -0.4 is 4.74 Å². The van der Waals surface area contributed by atoms with E-state index in [-0.39, 0.29) is 22.1 Å². The van der Waals surface area contributed by atoms with Gasteiger partial charge in [-0.1, -0.05) is 37.9 Å². The summed E-state index contributed by atoms with van der Waals surface area (Å²) in [6.07, 6.45) is 2.42. The number of halogens is 1. The van der Waals surface area contributed by atoms with Gasteiger partial charge in [0.15, 0.2) is 0 Å². The van der Waals surface area contributed by atoms with Crippen LogP contribution in [0.2, 0.25) is 5.02 Å². The molecule has 1 atom stereocenters. The first-order valence-corrected chi connectivity index (χ1v) is 11.2. The predicted molar refractivity (Wildman–Crippen MR) is 124 cm³/mol. The van der Waals surface area contributed by atoms with Crippen LogP contribution in [0.3, 0.4) is 0 Å². The number of hydrogen-bond donors (Lipinski definition) is 2. The van der Waals surface area contributed by atoms with Crippen LogP contribution in [0.5, 0.6) is 11.5 Å². The van der Waals surface area contributed by atoms with Crippen LogP contribution in [0.25, 0.3) is 5.76 Å². The molecule has 2 aromatic rings. The number of aliphatic hydroxyl groups excluding tert-OH is 1. The van der Waals surface area contributed by atoms with Gasteiger partial charge in [0, 0.05) is 12.1 Å². The molecule has 0 spiro atoms. The van der Waals surface area contributed by atoms with Crippen LogP contribution in [0.4, 0.5) is 0 Å². The van der Waals surface area contributed by atoms with Crippen molar-refractivity contribution in [2.75, 3.05) is 13.2 Å². The first kappa shape index (κ1) is 23.7. The fraction of sp³-hybridized carbons (Fsp3) is 0.360. The molecule has 3 rings (SSSR count). The van der Waals surface area contributed by atoms with Gasteiger partial charge in [0.1, 0.15) is 17.3 Å². The standard InChI is InChI=1S/C25H28ClNO5/c1-4-6-11-27-22(16-7-9-19(28)18(26)14-16)21(24(30)25(27)31)23(29)17-8-10-20(15(3)13-17)32-12-5-2/h7-10,13-14,22,28-29H,4-6,11-12H2,1-3H3/b23-21-. The molecule has 2 aromatic carbocycles. The molecule has 2 N–H and O–H groups in total. The Balaban J connectivity index is 2.12. The Hall–Kier alpha value is -2.99. The maximum atomic E-state index is 13.0. The van der Waals surface area contributed by atoms with E-state index in [0.717, 1.165) is 18.4 Å². The van der Waals surface area contributed by atoms with E-state index in [0.29, 0.717) is 36.4 Å². The van der Waals surface area contributed by atoms with Crippen LogP contribution >= 0.6 is 11.6 Å². The number of aryl methyl sites for hydroxylation is 1. The van der Waals surface area contributed by atoms with E-state index in [9.17, 15) is 19.8 Å². The summed E-state index contributed by atoms with van der Waals surface area (Å²) in [7, 11) is 0. The van der Waals surface area contributed by atoms with E-state index < -0.39 is 17.7 Å². The van der Waals surface area contributed by atoms with Crippen molar-refractivity contribution < 1.29 is 24.5 Å². The number of hydrogen-bond acceptors (Lipinski definition) is 5. The first-order chi connectivity index (χ1) is 15.3. The van der Waals surface area contributed by atoms with Gasteiger partial charge in [-0.25, -0.2) is 0 Å². The summed E-state index contributed by atoms with van der Waals surface area (Å²) in [6.45, 7) is 6.82. The summed E-state index contributed by atoms with van der Waals surface area (Å²) in [5.41, 5.74) is 1.79. The number of benzene rings is 2. The van der Waals surface area contributed by atoms with Gasteiger partial charge >= 0.3 is 0 Å². The number of carbonyl (C=O) groups is 2. The molecule has 1 unspecified atom stereocenters. The molecule has 32 heavy (non-hydrogen) atoms. The third-order valence-corrected chi connectivity index (χ3v) is 5.79. The van der Waals surface area contributed by atoms with Crippen molar-refractivity contribution in [1.82, 2.24) is 4.90 Å². The molecule has 0 radical (unpaired) electrons. The smallest absolute Gasteiger partial charge is 0.295 e. The molecule has 1 saturated heterocycles. The monoisotopic (exact) mass is 457 g/mol. The number of nitrogens with zero attached hydrogens (tertiary/aromatic N) is 1. The Labute approximate surface area is 193 Å². The van der Waals surface area contributed by atoms with E-state index in [1.807, 2.05) is 20.8 Å². The van der Waals surface area contributed by atoms with E-state index in [1.54, 1.807) is 24.3 Å². The molecular weight excluding hydrogens is 430 g/mol. The van der Waals surface area contributed by atoms with Crippen molar-refractivity contribution in [1.29, 1.82) is 0 Å². The SMILES string of the molecule is CCCCN1C(=O)C(=O)/C(=C(\O)c2ccc(OCCC)c(C)c2)C1c1ccc(O)c(Cl)c1. The maximum absolute atomic E-state index is 13.0. The van der Waals surface area contributed by atoms with Crippen LogP contribution in [0.1, 0.15) is 55.8 Å². The number of Topliss-reactive ketones (excluding diaryl/α,β-unsaturated/α-hetero) is 1. The Morgan fingerprint density at radius 3 is 2.50 bits per heavy atom. The number of aliphatic hydroxyl groups is 1. The second-order valence-electron chi connectivity index (χ2n) is 7.89. The highest BCUT2D eigenvalue weighted by atomic mass is 35.5. The fourth-order valence-electron chi connectivity index (χ4n) is 3.81. The minimum Gasteiger partial charge on any atom is -0.507 e. The first-order valence-electron chi connectivity index (χ1n) is 10.8. The topological polar surface area (TPSA) is 87.1 Å². The summed E-state index contributed by atoms with van der Waals surface area (Å²) >= 11 is 6.11. The van der Waals surface area contributed by atoms with Gasteiger partial charge in [-0.05, 0) is 61.2 Å². The Morgan fingerprint density at radius 2 is 1.88 bits per heavy atom. The summed E-state index contributed by atoms with van der Waals surface area (Å²) in [4.78, 5) is 27.3. The second kappa shape index (κ2) is 10.1. The molecule has 0 saturated carbocycles. The lowest BCUT2D eigenvalue weighted by atomic mass is 9.94. The number of unbranched alkanes of at least 4 members (excludes halogenated alkanes) is 1. The van der Waals surface area contributed by atoms with Crippen LogP contribution in [0, 0.1) is 6.92 Å². The molecule has 0 aliphatic carbocycles. The molecule has 6 nitrogen and oxygen atoms in total. The van der Waals surface area contributed by atoms with Crippen molar-refractivity contribution >= 4 is 29.1 Å². The van der Waals surface area contributed by atoms with Gasteiger partial charge in [0.25, 0.3) is 11.7 Å². The molecule has 1 aliphatic heterocycles. The molecule has 0 aromatic heterocycles. The van der Waals surface area contributed by atoms with E-state index >= 15 is 0 Å². The number of rotatable bonds is 8. The number of phenols is 1. The normalized spacial score (nSPS) is 17.8. The van der Waals surface area contributed by atoms with Crippen molar-refractivity contribution in [3.8, 4) is 11.5 Å². The van der Waals surface area contributed by atoms with E-state index in [1.165, 1.54) is 17.0 Å². The molecule has 0 bridgehead atoms. The Morgan fingerprint density at radius 1 is 1.12 bits per heavy atom. The largest absolute Gasteiger partial charge is 0.507 e. The summed E-state index contributed by atoms with van der Waals surface area (Å²) < 4.78 is 5.70. The lowest BCUT2D eigenvalue weighted by molar-refractivity contribution is -0.139. The van der Waals surface area contributed by atoms with Gasteiger partial charge < -0.3 is 19.8 Å². The molecule has 1 aliphatic rings. The quantitative estimate of drug-likeness (QED) is 0.316. The lowest BCUT2D eigenvalue weighted by Crippen LogP contribution is -2.30. The number of likely N-dealkylation sites (tertiary alicyclic amines) is 1. The highest BCUT2D eigenvalue weighted by molar-refractivity contribution is 6.46. The zero-order chi connectivity index (χ0) is 23.4. The van der Waals surface area contributed by atoms with Crippen LogP contribution in [-0.2, 0) is 9.59 Å². The minimum atomic E-state index is -0.795. The zero-order valence-corrected chi connectivity index (χ0v) is 19.3. The Kier molecular flexibility index (Phi) is 7.46. The van der Waals surface area contributed by atoms with Gasteiger partial charge in [-0.15, -0.1) is 0 Å². The lowest BCUT2D eigenvalue weighted by Gasteiger charge is -2.25. The van der Waals surface area contributed by atoms with Crippen molar-refractivity contribution in [2.45, 2.75) is 46.1 Å². The number of carbonyl (C=O) groups excluding carboxylic acids is 2. The number of ether oxygens (including phenoxy) is 1. The summed E-state index contributed by atoms with van der Waals surface area (Å²) in [6, 6.07) is 8.91. The average Bonchev–Trinajstić information content (AvgIpc) is 3.03. The summed E-state index contributed by atoms with van der Waals surface area (Å²) in [5.74, 6) is -1.04. The number of aromatic hydroxyl groups is 1. The zero-order valence-electron chi connectivity index (χ0n) is 18.5. The van der Waals surface area contributed by atoms with Crippen LogP contribution in [0.15, 0.2) is 42.0 Å². The van der Waals surface area contributed by atoms with Crippen LogP contribution in [-0.4, -0.2) is 40.0 Å². The fourth-order valence-corrected chi connectivity index (χ4v) is 3.99. The van der Waals surface area contributed by atoms with Gasteiger partial charge in [-0.3, -0.25) is 9.59 Å². The molecule has 1 amide bonds. The van der Waals surface area contributed by atoms with E-state index in [4.69, 9.17) is 16.3 Å². The molecule has 170 valence electrons. The average molecular weight is 458 g/mol. The van der Waals surface area contributed by atoms with Crippen molar-refractivity contribution in [3.05, 3.63) is 63.7 Å². The van der Waals surface area contributed by atoms with E-state index in [2.05, 4.69) is 0 Å². The minimum absolute atomic E-state index is 0.00878.